The summed E-state index contributed by atoms with van der Waals surface area (Å²) in [4.78, 5) is 26.9. The van der Waals surface area contributed by atoms with Crippen LogP contribution in [-0.2, 0) is 13.6 Å². The highest BCUT2D eigenvalue weighted by atomic mass is 16.2. The fourth-order valence-corrected chi connectivity index (χ4v) is 3.30. The molecule has 0 aliphatic carbocycles. The van der Waals surface area contributed by atoms with Crippen molar-refractivity contribution in [3.8, 4) is 0 Å². The number of hydrogen-bond acceptors (Lipinski definition) is 3. The first kappa shape index (κ1) is 19.1. The Kier molecular flexibility index (Phi) is 5.94. The maximum Gasteiger partial charge on any atom is 0.269 e. The minimum absolute atomic E-state index is 0.0985. The number of aryl methyl sites for hydroxylation is 1. The Morgan fingerprint density at radius 2 is 1.78 bits per heavy atom. The average Bonchev–Trinajstić information content (AvgIpc) is 3.09. The highest BCUT2D eigenvalue weighted by molar-refractivity contribution is 5.94. The molecule has 144 valence electrons. The number of piperidine rings is 1. The predicted molar refractivity (Wildman–Crippen MR) is 105 cm³/mol. The van der Waals surface area contributed by atoms with Crippen molar-refractivity contribution in [2.75, 3.05) is 13.1 Å². The molecular weight excluding hydrogens is 340 g/mol. The van der Waals surface area contributed by atoms with Crippen LogP contribution in [0.3, 0.4) is 0 Å². The molecule has 2 aromatic rings. The summed E-state index contributed by atoms with van der Waals surface area (Å²) in [5, 5.41) is 7.30. The molecule has 27 heavy (non-hydrogen) atoms. The van der Waals surface area contributed by atoms with Gasteiger partial charge in [0, 0.05) is 32.2 Å². The molecule has 0 bridgehead atoms. The normalized spacial score (nSPS) is 14.4. The molecule has 1 aromatic heterocycles. The van der Waals surface area contributed by atoms with Crippen LogP contribution < -0.4 is 5.32 Å². The van der Waals surface area contributed by atoms with Crippen LogP contribution in [0.15, 0.2) is 30.3 Å². The molecule has 1 aromatic carbocycles. The summed E-state index contributed by atoms with van der Waals surface area (Å²) in [7, 11) is 1.78. The van der Waals surface area contributed by atoms with Crippen LogP contribution in [0.5, 0.6) is 0 Å². The Bertz CT molecular complexity index is 802. The number of hydrogen-bond donors (Lipinski definition) is 1. The van der Waals surface area contributed by atoms with Crippen LogP contribution in [0.2, 0.25) is 0 Å². The number of nitrogens with zero attached hydrogens (tertiary/aromatic N) is 3. The smallest absolute Gasteiger partial charge is 0.269 e. The Morgan fingerprint density at radius 1 is 1.11 bits per heavy atom. The standard InChI is InChI=1S/C21H28N4O2/c1-15(2)18-13-19(24(3)23-18)20(26)22-14-16-7-9-17(10-8-16)21(27)25-11-5-4-6-12-25/h7-10,13,15H,4-6,11-12,14H2,1-3H3,(H,22,26). The van der Waals surface area contributed by atoms with E-state index in [-0.39, 0.29) is 17.7 Å². The van der Waals surface area contributed by atoms with Gasteiger partial charge in [-0.2, -0.15) is 5.10 Å². The number of likely N-dealkylation sites (tertiary alicyclic amines) is 1. The first-order valence-corrected chi connectivity index (χ1v) is 9.66. The number of aromatic nitrogens is 2. The van der Waals surface area contributed by atoms with Gasteiger partial charge < -0.3 is 10.2 Å². The molecule has 1 aliphatic rings. The maximum atomic E-state index is 12.5. The zero-order chi connectivity index (χ0) is 19.4. The van der Waals surface area contributed by atoms with E-state index in [1.807, 2.05) is 35.2 Å². The Balaban J connectivity index is 1.58. The lowest BCUT2D eigenvalue weighted by Gasteiger charge is -2.26. The maximum absolute atomic E-state index is 12.5. The van der Waals surface area contributed by atoms with Crippen molar-refractivity contribution in [3.63, 3.8) is 0 Å². The third kappa shape index (κ3) is 4.56. The second kappa shape index (κ2) is 8.37. The molecule has 0 atom stereocenters. The molecule has 2 amide bonds. The Hall–Kier alpha value is -2.63. The zero-order valence-electron chi connectivity index (χ0n) is 16.4. The summed E-state index contributed by atoms with van der Waals surface area (Å²) < 4.78 is 1.62. The van der Waals surface area contributed by atoms with Gasteiger partial charge in [-0.15, -0.1) is 0 Å². The van der Waals surface area contributed by atoms with E-state index in [2.05, 4.69) is 24.3 Å². The van der Waals surface area contributed by atoms with E-state index in [0.717, 1.165) is 37.2 Å². The van der Waals surface area contributed by atoms with Gasteiger partial charge >= 0.3 is 0 Å². The fourth-order valence-electron chi connectivity index (χ4n) is 3.30. The molecule has 0 saturated carbocycles. The first-order chi connectivity index (χ1) is 13.0. The summed E-state index contributed by atoms with van der Waals surface area (Å²) in [5.41, 5.74) is 3.13. The van der Waals surface area contributed by atoms with Crippen molar-refractivity contribution >= 4 is 11.8 Å². The molecule has 0 spiro atoms. The third-order valence-electron chi connectivity index (χ3n) is 5.02. The lowest BCUT2D eigenvalue weighted by atomic mass is 10.1. The van der Waals surface area contributed by atoms with E-state index in [9.17, 15) is 9.59 Å². The van der Waals surface area contributed by atoms with Gasteiger partial charge in [0.15, 0.2) is 0 Å². The number of carbonyl (C=O) groups is 2. The predicted octanol–water partition coefficient (Wildman–Crippen LogP) is 3.10. The molecule has 3 rings (SSSR count). The molecular formula is C21H28N4O2. The van der Waals surface area contributed by atoms with Crippen LogP contribution in [0, 0.1) is 0 Å². The number of amides is 2. The van der Waals surface area contributed by atoms with E-state index in [1.54, 1.807) is 11.7 Å². The fraction of sp³-hybridized carbons (Fsp3) is 0.476. The average molecular weight is 368 g/mol. The molecule has 6 heteroatoms. The molecule has 1 aliphatic heterocycles. The van der Waals surface area contributed by atoms with Gasteiger partial charge in [-0.1, -0.05) is 26.0 Å². The molecule has 6 nitrogen and oxygen atoms in total. The number of benzene rings is 1. The molecule has 0 radical (unpaired) electrons. The van der Waals surface area contributed by atoms with Crippen LogP contribution in [-0.4, -0.2) is 39.6 Å². The zero-order valence-corrected chi connectivity index (χ0v) is 16.4. The minimum Gasteiger partial charge on any atom is -0.347 e. The molecule has 1 saturated heterocycles. The molecule has 0 unspecified atom stereocenters. The van der Waals surface area contributed by atoms with Crippen LogP contribution in [0.1, 0.15) is 71.1 Å². The summed E-state index contributed by atoms with van der Waals surface area (Å²) in [6, 6.07) is 9.33. The van der Waals surface area contributed by atoms with Gasteiger partial charge in [0.25, 0.3) is 11.8 Å². The topological polar surface area (TPSA) is 67.2 Å². The van der Waals surface area contributed by atoms with Crippen molar-refractivity contribution in [1.29, 1.82) is 0 Å². The lowest BCUT2D eigenvalue weighted by molar-refractivity contribution is 0.0724. The second-order valence-electron chi connectivity index (χ2n) is 7.47. The van der Waals surface area contributed by atoms with Crippen molar-refractivity contribution in [1.82, 2.24) is 20.0 Å². The summed E-state index contributed by atoms with van der Waals surface area (Å²) in [6.07, 6.45) is 3.38. The van der Waals surface area contributed by atoms with E-state index in [0.29, 0.717) is 17.8 Å². The SMILES string of the molecule is CC(C)c1cc(C(=O)NCc2ccc(C(=O)N3CCCCC3)cc2)n(C)n1. The van der Waals surface area contributed by atoms with Crippen molar-refractivity contribution in [2.45, 2.75) is 45.6 Å². The Labute approximate surface area is 160 Å². The lowest BCUT2D eigenvalue weighted by Crippen LogP contribution is -2.35. The third-order valence-corrected chi connectivity index (χ3v) is 5.02. The van der Waals surface area contributed by atoms with Gasteiger partial charge in [-0.3, -0.25) is 14.3 Å². The minimum atomic E-state index is -0.148. The summed E-state index contributed by atoms with van der Waals surface area (Å²) in [5.74, 6) is 0.231. The summed E-state index contributed by atoms with van der Waals surface area (Å²) >= 11 is 0. The van der Waals surface area contributed by atoms with Crippen molar-refractivity contribution < 1.29 is 9.59 Å². The highest BCUT2D eigenvalue weighted by Crippen LogP contribution is 2.15. The highest BCUT2D eigenvalue weighted by Gasteiger charge is 2.18. The molecule has 1 fully saturated rings. The largest absolute Gasteiger partial charge is 0.347 e. The second-order valence-corrected chi connectivity index (χ2v) is 7.47. The van der Waals surface area contributed by atoms with E-state index < -0.39 is 0 Å². The van der Waals surface area contributed by atoms with E-state index >= 15 is 0 Å². The van der Waals surface area contributed by atoms with Crippen LogP contribution >= 0.6 is 0 Å². The van der Waals surface area contributed by atoms with E-state index in [1.165, 1.54) is 6.42 Å². The van der Waals surface area contributed by atoms with Gasteiger partial charge in [-0.05, 0) is 48.9 Å². The summed E-state index contributed by atoms with van der Waals surface area (Å²) in [6.45, 7) is 6.21. The van der Waals surface area contributed by atoms with Gasteiger partial charge in [0.2, 0.25) is 0 Å². The van der Waals surface area contributed by atoms with Crippen LogP contribution in [0.4, 0.5) is 0 Å². The Morgan fingerprint density at radius 3 is 2.37 bits per heavy atom. The number of nitrogens with one attached hydrogen (secondary N) is 1. The quantitative estimate of drug-likeness (QED) is 0.882. The molecule has 1 N–H and O–H groups in total. The number of rotatable bonds is 5. The monoisotopic (exact) mass is 368 g/mol. The first-order valence-electron chi connectivity index (χ1n) is 9.66. The van der Waals surface area contributed by atoms with Crippen molar-refractivity contribution in [2.24, 2.45) is 7.05 Å². The van der Waals surface area contributed by atoms with Crippen LogP contribution in [0.25, 0.3) is 0 Å². The molecule has 2 heterocycles. The van der Waals surface area contributed by atoms with Crippen molar-refractivity contribution in [3.05, 3.63) is 52.8 Å². The van der Waals surface area contributed by atoms with Gasteiger partial charge in [-0.25, -0.2) is 0 Å². The van der Waals surface area contributed by atoms with Gasteiger partial charge in [0.05, 0.1) is 5.69 Å². The van der Waals surface area contributed by atoms with Gasteiger partial charge in [0.1, 0.15) is 5.69 Å². The number of carbonyl (C=O) groups excluding carboxylic acids is 2. The van der Waals surface area contributed by atoms with E-state index in [4.69, 9.17) is 0 Å².